The van der Waals surface area contributed by atoms with E-state index in [0.29, 0.717) is 17.2 Å². The molecule has 1 atom stereocenters. The Morgan fingerprint density at radius 1 is 1.16 bits per heavy atom. The molecule has 0 saturated carbocycles. The second kappa shape index (κ2) is 8.58. The molecule has 2 heterocycles. The first-order valence-corrected chi connectivity index (χ1v) is 10.7. The molecule has 2 N–H and O–H groups in total. The maximum Gasteiger partial charge on any atom is 0.378 e. The fourth-order valence-corrected chi connectivity index (χ4v) is 4.17. The molecule has 9 heteroatoms. The predicted molar refractivity (Wildman–Crippen MR) is 125 cm³/mol. The van der Waals surface area contributed by atoms with Gasteiger partial charge in [-0.25, -0.2) is 9.48 Å². The van der Waals surface area contributed by atoms with Gasteiger partial charge in [0.15, 0.2) is 0 Å². The molecule has 0 fully saturated rings. The number of hydrogen-bond donors (Lipinski definition) is 2. The summed E-state index contributed by atoms with van der Waals surface area (Å²) in [5.74, 6) is -0.650. The topological polar surface area (TPSA) is 98.1 Å². The number of fused-ring (bicyclic) bond motifs is 1. The molecule has 164 valence electrons. The molecule has 0 unspecified atom stereocenters. The Hall–Kier alpha value is -3.46. The van der Waals surface area contributed by atoms with E-state index in [1.807, 2.05) is 56.3 Å². The summed E-state index contributed by atoms with van der Waals surface area (Å²) in [6, 6.07) is 12.9. The van der Waals surface area contributed by atoms with Gasteiger partial charge in [0.05, 0.1) is 12.7 Å². The van der Waals surface area contributed by atoms with Crippen LogP contribution in [0.3, 0.4) is 0 Å². The van der Waals surface area contributed by atoms with E-state index >= 15 is 0 Å². The van der Waals surface area contributed by atoms with Crippen molar-refractivity contribution in [1.29, 1.82) is 0 Å². The van der Waals surface area contributed by atoms with Crippen LogP contribution in [-0.4, -0.2) is 33.8 Å². The zero-order valence-corrected chi connectivity index (χ0v) is 19.6. The molecule has 1 amide bonds. The van der Waals surface area contributed by atoms with Crippen molar-refractivity contribution in [2.45, 2.75) is 26.8 Å². The Balaban J connectivity index is 1.81. The van der Waals surface area contributed by atoms with Crippen LogP contribution >= 0.6 is 15.9 Å². The van der Waals surface area contributed by atoms with Gasteiger partial charge in [-0.15, -0.1) is 5.10 Å². The molecule has 4 rings (SSSR count). The first-order chi connectivity index (χ1) is 15.3. The standard InChI is InChI=1S/C23H22BrN5O3/c1-12-8-9-17(13(2)10-12)26-21(30)18-14(3)25-23-27-20(22(31)32-4)28-29(23)19(18)15-6-5-7-16(24)11-15/h5-11,19H,1-4H3,(H,26,30)(H,25,27,28)/t19-/m0/s1. The number of esters is 1. The summed E-state index contributed by atoms with van der Waals surface area (Å²) in [4.78, 5) is 29.8. The number of anilines is 2. The van der Waals surface area contributed by atoms with Gasteiger partial charge in [0.25, 0.3) is 11.7 Å². The van der Waals surface area contributed by atoms with Crippen molar-refractivity contribution in [3.63, 3.8) is 0 Å². The van der Waals surface area contributed by atoms with Crippen LogP contribution in [0, 0.1) is 13.8 Å². The first-order valence-electron chi connectivity index (χ1n) is 9.95. The number of methoxy groups -OCH3 is 1. The quantitative estimate of drug-likeness (QED) is 0.521. The zero-order chi connectivity index (χ0) is 23.0. The monoisotopic (exact) mass is 495 g/mol. The minimum absolute atomic E-state index is 0.0844. The summed E-state index contributed by atoms with van der Waals surface area (Å²) in [6.45, 7) is 5.76. The van der Waals surface area contributed by atoms with Crippen molar-refractivity contribution in [2.75, 3.05) is 17.7 Å². The van der Waals surface area contributed by atoms with Crippen molar-refractivity contribution in [1.82, 2.24) is 14.8 Å². The van der Waals surface area contributed by atoms with Gasteiger partial charge >= 0.3 is 5.97 Å². The van der Waals surface area contributed by atoms with E-state index in [2.05, 4.69) is 36.6 Å². The number of carbonyl (C=O) groups excluding carboxylic acids is 2. The van der Waals surface area contributed by atoms with Gasteiger partial charge in [-0.1, -0.05) is 45.8 Å². The Morgan fingerprint density at radius 2 is 1.94 bits per heavy atom. The maximum absolute atomic E-state index is 13.5. The first kappa shape index (κ1) is 21.8. The average Bonchev–Trinajstić information content (AvgIpc) is 3.17. The van der Waals surface area contributed by atoms with E-state index in [9.17, 15) is 9.59 Å². The lowest BCUT2D eigenvalue weighted by Crippen LogP contribution is -2.31. The molecule has 8 nitrogen and oxygen atoms in total. The lowest BCUT2D eigenvalue weighted by atomic mass is 9.95. The highest BCUT2D eigenvalue weighted by atomic mass is 79.9. The second-order valence-corrected chi connectivity index (χ2v) is 8.50. The van der Waals surface area contributed by atoms with Crippen LogP contribution in [0.5, 0.6) is 0 Å². The summed E-state index contributed by atoms with van der Waals surface area (Å²) >= 11 is 3.50. The SMILES string of the molecule is COC(=O)c1nc2n(n1)[C@@H](c1cccc(Br)c1)C(C(=O)Nc1ccc(C)cc1C)=C(C)N2. The van der Waals surface area contributed by atoms with Crippen LogP contribution in [0.25, 0.3) is 0 Å². The van der Waals surface area contributed by atoms with Gasteiger partial charge < -0.3 is 15.4 Å². The third kappa shape index (κ3) is 4.03. The minimum Gasteiger partial charge on any atom is -0.463 e. The summed E-state index contributed by atoms with van der Waals surface area (Å²) in [5.41, 5.74) is 4.71. The van der Waals surface area contributed by atoms with Crippen molar-refractivity contribution in [2.24, 2.45) is 0 Å². The Bertz CT molecular complexity index is 1260. The van der Waals surface area contributed by atoms with Crippen LogP contribution in [-0.2, 0) is 9.53 Å². The fraction of sp³-hybridized carbons (Fsp3) is 0.217. The number of aryl methyl sites for hydroxylation is 2. The van der Waals surface area contributed by atoms with Crippen molar-refractivity contribution in [3.8, 4) is 0 Å². The predicted octanol–water partition coefficient (Wildman–Crippen LogP) is 4.37. The molecule has 1 aromatic heterocycles. The number of hydrogen-bond acceptors (Lipinski definition) is 6. The smallest absolute Gasteiger partial charge is 0.378 e. The van der Waals surface area contributed by atoms with Crippen LogP contribution in [0.4, 0.5) is 11.6 Å². The molecule has 0 aliphatic carbocycles. The van der Waals surface area contributed by atoms with Crippen LogP contribution in [0.15, 0.2) is 58.2 Å². The second-order valence-electron chi connectivity index (χ2n) is 7.59. The molecule has 0 saturated heterocycles. The van der Waals surface area contributed by atoms with E-state index in [1.165, 1.54) is 11.8 Å². The third-order valence-electron chi connectivity index (χ3n) is 5.26. The van der Waals surface area contributed by atoms with Crippen LogP contribution in [0.1, 0.15) is 40.3 Å². The number of nitrogens with one attached hydrogen (secondary N) is 2. The number of amides is 1. The van der Waals surface area contributed by atoms with E-state index in [1.54, 1.807) is 6.92 Å². The number of allylic oxidation sites excluding steroid dienone is 1. The van der Waals surface area contributed by atoms with E-state index in [0.717, 1.165) is 26.9 Å². The van der Waals surface area contributed by atoms with E-state index in [4.69, 9.17) is 4.74 Å². The summed E-state index contributed by atoms with van der Waals surface area (Å²) in [5, 5.41) is 10.5. The number of benzene rings is 2. The summed E-state index contributed by atoms with van der Waals surface area (Å²) < 4.78 is 7.17. The number of ether oxygens (including phenoxy) is 1. The highest BCUT2D eigenvalue weighted by molar-refractivity contribution is 9.10. The van der Waals surface area contributed by atoms with Gasteiger partial charge in [-0.2, -0.15) is 4.98 Å². The normalized spacial score (nSPS) is 15.1. The van der Waals surface area contributed by atoms with Crippen molar-refractivity contribution >= 4 is 39.4 Å². The van der Waals surface area contributed by atoms with Gasteiger partial charge in [-0.05, 0) is 50.1 Å². The highest BCUT2D eigenvalue weighted by Gasteiger charge is 2.35. The molecule has 2 aromatic carbocycles. The highest BCUT2D eigenvalue weighted by Crippen LogP contribution is 2.36. The van der Waals surface area contributed by atoms with Gasteiger partial charge in [0, 0.05) is 15.9 Å². The van der Waals surface area contributed by atoms with Gasteiger partial charge in [0.1, 0.15) is 6.04 Å². The lowest BCUT2D eigenvalue weighted by Gasteiger charge is -2.29. The van der Waals surface area contributed by atoms with Crippen LogP contribution < -0.4 is 10.6 Å². The van der Waals surface area contributed by atoms with Gasteiger partial charge in [0.2, 0.25) is 5.95 Å². The van der Waals surface area contributed by atoms with E-state index < -0.39 is 12.0 Å². The molecule has 1 aliphatic heterocycles. The number of carbonyl (C=O) groups is 2. The molecule has 3 aromatic rings. The maximum atomic E-state index is 13.5. The number of aromatic nitrogens is 3. The van der Waals surface area contributed by atoms with Crippen molar-refractivity contribution < 1.29 is 14.3 Å². The number of nitrogens with zero attached hydrogens (tertiary/aromatic N) is 3. The number of halogens is 1. The Kier molecular flexibility index (Phi) is 5.84. The number of rotatable bonds is 4. The van der Waals surface area contributed by atoms with Crippen molar-refractivity contribution in [3.05, 3.63) is 80.7 Å². The lowest BCUT2D eigenvalue weighted by molar-refractivity contribution is -0.113. The average molecular weight is 496 g/mol. The molecule has 0 radical (unpaired) electrons. The van der Waals surface area contributed by atoms with Crippen LogP contribution in [0.2, 0.25) is 0 Å². The Morgan fingerprint density at radius 3 is 2.62 bits per heavy atom. The summed E-state index contributed by atoms with van der Waals surface area (Å²) in [6.07, 6.45) is 0. The molecular weight excluding hydrogens is 474 g/mol. The third-order valence-corrected chi connectivity index (χ3v) is 5.75. The zero-order valence-electron chi connectivity index (χ0n) is 18.1. The molecule has 0 bridgehead atoms. The van der Waals surface area contributed by atoms with Gasteiger partial charge in [-0.3, -0.25) is 4.79 Å². The molecule has 32 heavy (non-hydrogen) atoms. The molecule has 0 spiro atoms. The van der Waals surface area contributed by atoms with E-state index in [-0.39, 0.29) is 11.7 Å². The fourth-order valence-electron chi connectivity index (χ4n) is 3.75. The minimum atomic E-state index is -0.652. The largest absolute Gasteiger partial charge is 0.463 e. The molecular formula is C23H22BrN5O3. The Labute approximate surface area is 193 Å². The summed E-state index contributed by atoms with van der Waals surface area (Å²) in [7, 11) is 1.27. The molecule has 1 aliphatic rings.